The Bertz CT molecular complexity index is 795. The van der Waals surface area contributed by atoms with Gasteiger partial charge in [-0.2, -0.15) is 0 Å². The molecule has 0 radical (unpaired) electrons. The van der Waals surface area contributed by atoms with Crippen LogP contribution in [0.4, 0.5) is 11.5 Å². The van der Waals surface area contributed by atoms with Crippen LogP contribution in [0.2, 0.25) is 0 Å². The van der Waals surface area contributed by atoms with Gasteiger partial charge in [-0.15, -0.1) is 0 Å². The van der Waals surface area contributed by atoms with Crippen molar-refractivity contribution >= 4 is 28.2 Å². The van der Waals surface area contributed by atoms with E-state index in [-0.39, 0.29) is 5.97 Å². The van der Waals surface area contributed by atoms with Crippen LogP contribution >= 0.6 is 0 Å². The highest BCUT2D eigenvalue weighted by Crippen LogP contribution is 2.24. The first kappa shape index (κ1) is 14.0. The fourth-order valence-electron chi connectivity index (χ4n) is 2.06. The molecule has 0 unspecified atom stereocenters. The zero-order valence-electron chi connectivity index (χ0n) is 12.1. The maximum atomic E-state index is 11.2. The Kier molecular flexibility index (Phi) is 3.96. The van der Waals surface area contributed by atoms with E-state index in [9.17, 15) is 4.79 Å². The van der Waals surface area contributed by atoms with Gasteiger partial charge in [-0.05, 0) is 36.4 Å². The lowest BCUT2D eigenvalue weighted by Gasteiger charge is -2.09. The molecule has 0 saturated carbocycles. The second kappa shape index (κ2) is 6.22. The van der Waals surface area contributed by atoms with E-state index >= 15 is 0 Å². The molecule has 22 heavy (non-hydrogen) atoms. The lowest BCUT2D eigenvalue weighted by atomic mass is 10.2. The van der Waals surface area contributed by atoms with Crippen LogP contribution in [0, 0.1) is 0 Å². The van der Waals surface area contributed by atoms with Crippen LogP contribution in [0.15, 0.2) is 55.0 Å². The quantitative estimate of drug-likeness (QED) is 0.587. The Hall–Kier alpha value is -2.95. The fraction of sp³-hybridized carbons (Fsp3) is 0.118. The van der Waals surface area contributed by atoms with E-state index in [4.69, 9.17) is 4.74 Å². The number of rotatable bonds is 4. The SMILES string of the molecule is CCC(=O)Oc1ccc(Nc2nccc3cnccc23)cc1. The Balaban J connectivity index is 1.82. The predicted octanol–water partition coefficient (Wildman–Crippen LogP) is 3.69. The van der Waals surface area contributed by atoms with Crippen molar-refractivity contribution in [3.8, 4) is 5.75 Å². The lowest BCUT2D eigenvalue weighted by Crippen LogP contribution is -2.05. The summed E-state index contributed by atoms with van der Waals surface area (Å²) in [5.74, 6) is 1.05. The molecule has 0 aliphatic rings. The molecule has 2 aromatic heterocycles. The van der Waals surface area contributed by atoms with Gasteiger partial charge in [0.25, 0.3) is 0 Å². The van der Waals surface area contributed by atoms with Gasteiger partial charge in [0.15, 0.2) is 0 Å². The molecule has 3 rings (SSSR count). The van der Waals surface area contributed by atoms with Crippen molar-refractivity contribution in [3.63, 3.8) is 0 Å². The highest BCUT2D eigenvalue weighted by atomic mass is 16.5. The number of hydrogen-bond donors (Lipinski definition) is 1. The van der Waals surface area contributed by atoms with Gasteiger partial charge >= 0.3 is 5.97 Å². The maximum Gasteiger partial charge on any atom is 0.310 e. The van der Waals surface area contributed by atoms with Gasteiger partial charge in [-0.1, -0.05) is 6.92 Å². The number of anilines is 2. The van der Waals surface area contributed by atoms with Crippen LogP contribution in [-0.2, 0) is 4.79 Å². The maximum absolute atomic E-state index is 11.2. The van der Waals surface area contributed by atoms with E-state index in [1.165, 1.54) is 0 Å². The van der Waals surface area contributed by atoms with E-state index in [0.29, 0.717) is 12.2 Å². The number of esters is 1. The Morgan fingerprint density at radius 1 is 1.14 bits per heavy atom. The molecule has 5 nitrogen and oxygen atoms in total. The average Bonchev–Trinajstić information content (AvgIpc) is 2.57. The Labute approximate surface area is 128 Å². The first-order chi connectivity index (χ1) is 10.8. The number of carbonyl (C=O) groups is 1. The highest BCUT2D eigenvalue weighted by Gasteiger charge is 2.04. The standard InChI is InChI=1S/C17H15N3O2/c1-2-16(21)22-14-5-3-13(4-6-14)20-17-15-8-9-18-11-12(15)7-10-19-17/h3-11H,2H2,1H3,(H,19,20). The zero-order chi connectivity index (χ0) is 15.4. The lowest BCUT2D eigenvalue weighted by molar-refractivity contribution is -0.134. The third kappa shape index (κ3) is 3.03. The summed E-state index contributed by atoms with van der Waals surface area (Å²) >= 11 is 0. The van der Waals surface area contributed by atoms with Crippen molar-refractivity contribution in [1.29, 1.82) is 0 Å². The first-order valence-corrected chi connectivity index (χ1v) is 7.03. The summed E-state index contributed by atoms with van der Waals surface area (Å²) in [6.07, 6.45) is 5.63. The van der Waals surface area contributed by atoms with Gasteiger partial charge in [-0.3, -0.25) is 9.78 Å². The number of ether oxygens (including phenoxy) is 1. The molecule has 0 saturated heterocycles. The molecular weight excluding hydrogens is 278 g/mol. The molecule has 2 heterocycles. The smallest absolute Gasteiger partial charge is 0.310 e. The van der Waals surface area contributed by atoms with Crippen molar-refractivity contribution in [2.45, 2.75) is 13.3 Å². The summed E-state index contributed by atoms with van der Waals surface area (Å²) in [5.41, 5.74) is 0.869. The summed E-state index contributed by atoms with van der Waals surface area (Å²) in [6.45, 7) is 1.76. The minimum atomic E-state index is -0.246. The van der Waals surface area contributed by atoms with E-state index in [1.54, 1.807) is 37.6 Å². The zero-order valence-corrected chi connectivity index (χ0v) is 12.1. The number of benzene rings is 1. The van der Waals surface area contributed by atoms with Gasteiger partial charge in [0, 0.05) is 41.5 Å². The van der Waals surface area contributed by atoms with Crippen LogP contribution in [0.3, 0.4) is 0 Å². The van der Waals surface area contributed by atoms with E-state index in [0.717, 1.165) is 22.3 Å². The molecule has 3 aromatic rings. The average molecular weight is 293 g/mol. The first-order valence-electron chi connectivity index (χ1n) is 7.03. The van der Waals surface area contributed by atoms with Crippen molar-refractivity contribution in [2.75, 3.05) is 5.32 Å². The summed E-state index contributed by atoms with van der Waals surface area (Å²) in [6, 6.07) is 11.0. The highest BCUT2D eigenvalue weighted by molar-refractivity contribution is 5.92. The van der Waals surface area contributed by atoms with Crippen molar-refractivity contribution in [2.24, 2.45) is 0 Å². The van der Waals surface area contributed by atoms with Gasteiger partial charge in [0.2, 0.25) is 0 Å². The second-order valence-electron chi connectivity index (χ2n) is 4.73. The molecule has 0 aliphatic carbocycles. The number of nitrogens with one attached hydrogen (secondary N) is 1. The van der Waals surface area contributed by atoms with E-state index in [1.807, 2.05) is 24.3 Å². The molecule has 110 valence electrons. The van der Waals surface area contributed by atoms with Crippen molar-refractivity contribution < 1.29 is 9.53 Å². The topological polar surface area (TPSA) is 64.1 Å². The summed E-state index contributed by atoms with van der Waals surface area (Å²) < 4.78 is 5.15. The monoisotopic (exact) mass is 293 g/mol. The minimum absolute atomic E-state index is 0.246. The predicted molar refractivity (Wildman–Crippen MR) is 85.2 cm³/mol. The van der Waals surface area contributed by atoms with E-state index < -0.39 is 0 Å². The van der Waals surface area contributed by atoms with Gasteiger partial charge in [-0.25, -0.2) is 4.98 Å². The number of fused-ring (bicyclic) bond motifs is 1. The molecule has 0 atom stereocenters. The summed E-state index contributed by atoms with van der Waals surface area (Å²) in [4.78, 5) is 19.7. The Morgan fingerprint density at radius 3 is 2.73 bits per heavy atom. The molecule has 0 bridgehead atoms. The normalized spacial score (nSPS) is 10.4. The Morgan fingerprint density at radius 2 is 1.95 bits per heavy atom. The second-order valence-corrected chi connectivity index (χ2v) is 4.73. The third-order valence-electron chi connectivity index (χ3n) is 3.20. The third-order valence-corrected chi connectivity index (χ3v) is 3.20. The van der Waals surface area contributed by atoms with Crippen LogP contribution < -0.4 is 10.1 Å². The van der Waals surface area contributed by atoms with Crippen molar-refractivity contribution in [1.82, 2.24) is 9.97 Å². The summed E-state index contributed by atoms with van der Waals surface area (Å²) in [7, 11) is 0. The largest absolute Gasteiger partial charge is 0.427 e. The van der Waals surface area contributed by atoms with Gasteiger partial charge in [0.05, 0.1) is 0 Å². The summed E-state index contributed by atoms with van der Waals surface area (Å²) in [5, 5.41) is 5.28. The molecule has 5 heteroatoms. The number of carbonyl (C=O) groups excluding carboxylic acids is 1. The van der Waals surface area contributed by atoms with Crippen LogP contribution in [0.5, 0.6) is 5.75 Å². The molecule has 1 aromatic carbocycles. The van der Waals surface area contributed by atoms with Crippen LogP contribution in [-0.4, -0.2) is 15.9 Å². The molecule has 0 fully saturated rings. The number of aromatic nitrogens is 2. The number of hydrogen-bond acceptors (Lipinski definition) is 5. The number of pyridine rings is 2. The molecular formula is C17H15N3O2. The molecule has 1 N–H and O–H groups in total. The van der Waals surface area contributed by atoms with E-state index in [2.05, 4.69) is 15.3 Å². The fourth-order valence-corrected chi connectivity index (χ4v) is 2.06. The minimum Gasteiger partial charge on any atom is -0.427 e. The molecule has 0 amide bonds. The molecule has 0 aliphatic heterocycles. The van der Waals surface area contributed by atoms with Crippen LogP contribution in [0.25, 0.3) is 10.8 Å². The van der Waals surface area contributed by atoms with Gasteiger partial charge in [0.1, 0.15) is 11.6 Å². The molecule has 0 spiro atoms. The van der Waals surface area contributed by atoms with Crippen LogP contribution in [0.1, 0.15) is 13.3 Å². The van der Waals surface area contributed by atoms with Gasteiger partial charge < -0.3 is 10.1 Å². The number of nitrogens with zero attached hydrogens (tertiary/aromatic N) is 2. The van der Waals surface area contributed by atoms with Crippen molar-refractivity contribution in [3.05, 3.63) is 55.0 Å².